The van der Waals surface area contributed by atoms with E-state index in [4.69, 9.17) is 25.4 Å². The maximum absolute atomic E-state index is 13.3. The minimum Gasteiger partial charge on any atom is -0.497 e. The number of hydrogen-bond donors (Lipinski definition) is 1. The summed E-state index contributed by atoms with van der Waals surface area (Å²) >= 11 is 0. The van der Waals surface area contributed by atoms with Crippen LogP contribution in [0.2, 0.25) is 0 Å². The van der Waals surface area contributed by atoms with Crippen LogP contribution in [0.3, 0.4) is 0 Å². The van der Waals surface area contributed by atoms with Gasteiger partial charge >= 0.3 is 0 Å². The Morgan fingerprint density at radius 3 is 1.61 bits per heavy atom. The van der Waals surface area contributed by atoms with Crippen molar-refractivity contribution >= 4 is 20.0 Å². The fourth-order valence-corrected chi connectivity index (χ4v) is 6.98. The Labute approximate surface area is 296 Å². The summed E-state index contributed by atoms with van der Waals surface area (Å²) in [5, 5.41) is 0. The third-order valence-electron chi connectivity index (χ3n) is 7.71. The fourth-order valence-electron chi connectivity index (χ4n) is 5.09. The molecule has 6 rings (SSSR count). The zero-order valence-electron chi connectivity index (χ0n) is 27.3. The molecule has 0 spiro atoms. The molecular formula is C40H30O9S2. The molecule has 0 unspecified atom stereocenters. The molecule has 0 saturated carbocycles. The lowest BCUT2D eigenvalue weighted by Crippen LogP contribution is -2.03. The van der Waals surface area contributed by atoms with Crippen molar-refractivity contribution in [3.63, 3.8) is 0 Å². The van der Waals surface area contributed by atoms with E-state index in [2.05, 4.69) is 5.92 Å². The summed E-state index contributed by atoms with van der Waals surface area (Å²) in [6.45, 7) is 1.94. The molecule has 0 aromatic heterocycles. The van der Waals surface area contributed by atoms with Crippen LogP contribution in [0, 0.1) is 19.3 Å². The van der Waals surface area contributed by atoms with Crippen molar-refractivity contribution in [3.05, 3.63) is 145 Å². The number of ether oxygens (including phenoxy) is 4. The highest BCUT2D eigenvalue weighted by Crippen LogP contribution is 2.38. The third-order valence-corrected chi connectivity index (χ3v) is 10.4. The zero-order valence-corrected chi connectivity index (χ0v) is 28.9. The first-order valence-corrected chi connectivity index (χ1v) is 18.3. The quantitative estimate of drug-likeness (QED) is 0.103. The zero-order chi connectivity index (χ0) is 36.2. The number of sulfone groups is 1. The molecule has 6 aromatic carbocycles. The van der Waals surface area contributed by atoms with E-state index >= 15 is 0 Å². The van der Waals surface area contributed by atoms with Crippen LogP contribution in [0.4, 0.5) is 0 Å². The summed E-state index contributed by atoms with van der Waals surface area (Å²) < 4.78 is 84.5. The average molecular weight is 719 g/mol. The Balaban J connectivity index is 1.19. The predicted octanol–water partition coefficient (Wildman–Crippen LogP) is 9.11. The summed E-state index contributed by atoms with van der Waals surface area (Å²) in [5.41, 5.74) is 3.29. The van der Waals surface area contributed by atoms with E-state index in [0.29, 0.717) is 23.0 Å². The van der Waals surface area contributed by atoms with Gasteiger partial charge in [-0.05, 0) is 122 Å². The highest BCUT2D eigenvalue weighted by atomic mass is 32.2. The topological polar surface area (TPSA) is 125 Å². The minimum atomic E-state index is -4.77. The van der Waals surface area contributed by atoms with Gasteiger partial charge in [0, 0.05) is 17.2 Å². The summed E-state index contributed by atoms with van der Waals surface area (Å²) in [6, 6.07) is 35.3. The van der Waals surface area contributed by atoms with Gasteiger partial charge in [0.05, 0.1) is 16.9 Å². The van der Waals surface area contributed by atoms with E-state index in [1.54, 1.807) is 49.6 Å². The highest BCUT2D eigenvalue weighted by molar-refractivity contribution is 7.91. The van der Waals surface area contributed by atoms with E-state index < -0.39 is 24.9 Å². The highest BCUT2D eigenvalue weighted by Gasteiger charge is 2.21. The average Bonchev–Trinajstić information content (AvgIpc) is 3.13. The first-order valence-electron chi connectivity index (χ1n) is 15.3. The monoisotopic (exact) mass is 718 g/mol. The maximum atomic E-state index is 13.3. The minimum absolute atomic E-state index is 0.0137. The van der Waals surface area contributed by atoms with E-state index in [1.165, 1.54) is 48.5 Å². The number of benzene rings is 6. The molecule has 0 aliphatic carbocycles. The Morgan fingerprint density at radius 1 is 0.569 bits per heavy atom. The van der Waals surface area contributed by atoms with Crippen LogP contribution in [0.25, 0.3) is 11.1 Å². The first-order chi connectivity index (χ1) is 24.4. The molecule has 0 bridgehead atoms. The van der Waals surface area contributed by atoms with Gasteiger partial charge in [-0.25, -0.2) is 8.42 Å². The lowest BCUT2D eigenvalue weighted by Gasteiger charge is -2.15. The molecule has 0 fully saturated rings. The SMILES string of the molecule is C#Cc1ccc(-c2cc(C)ccc2Oc2ccc(Oc3ccc(S(=O)(=O)c4ccc(Oc5ccc(OC)cc5)cc4)cc3)c(S(=O)(=O)O)c2)cc1. The molecule has 0 radical (unpaired) electrons. The number of methoxy groups -OCH3 is 1. The van der Waals surface area contributed by atoms with E-state index in [0.717, 1.165) is 28.3 Å². The summed E-state index contributed by atoms with van der Waals surface area (Å²) in [5.74, 6) is 4.78. The van der Waals surface area contributed by atoms with E-state index in [-0.39, 0.29) is 27.0 Å². The van der Waals surface area contributed by atoms with Crippen molar-refractivity contribution in [3.8, 4) is 63.7 Å². The van der Waals surface area contributed by atoms with Gasteiger partial charge < -0.3 is 18.9 Å². The fraction of sp³-hybridized carbons (Fsp3) is 0.0500. The Kier molecular flexibility index (Phi) is 9.84. The van der Waals surface area contributed by atoms with Gasteiger partial charge in [-0.15, -0.1) is 6.42 Å². The van der Waals surface area contributed by atoms with Crippen LogP contribution in [0.15, 0.2) is 148 Å². The smallest absolute Gasteiger partial charge is 0.298 e. The molecule has 0 saturated heterocycles. The van der Waals surface area contributed by atoms with Crippen molar-refractivity contribution in [1.29, 1.82) is 0 Å². The van der Waals surface area contributed by atoms with Crippen LogP contribution < -0.4 is 18.9 Å². The maximum Gasteiger partial charge on any atom is 0.298 e. The molecule has 0 atom stereocenters. The van der Waals surface area contributed by atoms with Crippen LogP contribution >= 0.6 is 0 Å². The number of aryl methyl sites for hydroxylation is 1. The van der Waals surface area contributed by atoms with Gasteiger partial charge in [-0.2, -0.15) is 8.42 Å². The Bertz CT molecular complexity index is 2450. The van der Waals surface area contributed by atoms with Gasteiger partial charge in [0.25, 0.3) is 10.1 Å². The van der Waals surface area contributed by atoms with Crippen molar-refractivity contribution in [1.82, 2.24) is 0 Å². The van der Waals surface area contributed by atoms with Crippen LogP contribution in [0.5, 0.6) is 40.2 Å². The van der Waals surface area contributed by atoms with Crippen LogP contribution in [-0.4, -0.2) is 28.5 Å². The Morgan fingerprint density at radius 2 is 1.06 bits per heavy atom. The normalized spacial score (nSPS) is 11.3. The number of terminal acetylenes is 1. The molecule has 9 nitrogen and oxygen atoms in total. The molecule has 51 heavy (non-hydrogen) atoms. The molecule has 256 valence electrons. The van der Waals surface area contributed by atoms with Gasteiger partial charge in [-0.1, -0.05) is 29.7 Å². The second-order valence-electron chi connectivity index (χ2n) is 11.2. The number of hydrogen-bond acceptors (Lipinski definition) is 8. The van der Waals surface area contributed by atoms with Crippen molar-refractivity contribution < 1.29 is 40.3 Å². The second-order valence-corrected chi connectivity index (χ2v) is 14.6. The molecule has 0 heterocycles. The molecule has 0 aliphatic heterocycles. The molecular weight excluding hydrogens is 689 g/mol. The Hall–Kier alpha value is -6.06. The molecule has 1 N–H and O–H groups in total. The third kappa shape index (κ3) is 8.06. The number of rotatable bonds is 11. The second kappa shape index (κ2) is 14.4. The molecule has 0 amide bonds. The lowest BCUT2D eigenvalue weighted by atomic mass is 10.0. The molecule has 6 aromatic rings. The van der Waals surface area contributed by atoms with E-state index in [9.17, 15) is 21.4 Å². The van der Waals surface area contributed by atoms with Gasteiger partial charge in [0.15, 0.2) is 0 Å². The summed E-state index contributed by atoms with van der Waals surface area (Å²) in [4.78, 5) is -0.509. The van der Waals surface area contributed by atoms with Gasteiger partial charge in [-0.3, -0.25) is 4.55 Å². The molecule has 11 heteroatoms. The lowest BCUT2D eigenvalue weighted by molar-refractivity contribution is 0.413. The van der Waals surface area contributed by atoms with Gasteiger partial charge in [0.1, 0.15) is 45.1 Å². The molecule has 0 aliphatic rings. The predicted molar refractivity (Wildman–Crippen MR) is 192 cm³/mol. The van der Waals surface area contributed by atoms with Crippen molar-refractivity contribution in [2.24, 2.45) is 0 Å². The van der Waals surface area contributed by atoms with Crippen molar-refractivity contribution in [2.75, 3.05) is 7.11 Å². The summed E-state index contributed by atoms with van der Waals surface area (Å²) in [6.07, 6.45) is 5.49. The first kappa shape index (κ1) is 34.8. The van der Waals surface area contributed by atoms with Gasteiger partial charge in [0.2, 0.25) is 9.84 Å². The standard InChI is InChI=1S/C40H30O9S2/c1-4-28-6-8-29(9-7-28)37-25-27(2)5-23-38(37)49-34-18-24-39(40(26-34)51(43,44)45)48-33-16-21-36(22-17-33)50(41,42)35-19-14-32(15-20-35)47-31-12-10-30(46-3)11-13-31/h1,5-26H,2-3H3,(H,43,44,45). The largest absolute Gasteiger partial charge is 0.497 e. The summed E-state index contributed by atoms with van der Waals surface area (Å²) in [7, 11) is -7.12. The van der Waals surface area contributed by atoms with Crippen molar-refractivity contribution in [2.45, 2.75) is 21.6 Å². The van der Waals surface area contributed by atoms with Crippen LogP contribution in [0.1, 0.15) is 11.1 Å². The van der Waals surface area contributed by atoms with E-state index in [1.807, 2.05) is 43.3 Å². The van der Waals surface area contributed by atoms with Crippen LogP contribution in [-0.2, 0) is 20.0 Å².